The van der Waals surface area contributed by atoms with Gasteiger partial charge in [-0.05, 0) is 89.0 Å². The summed E-state index contributed by atoms with van der Waals surface area (Å²) in [4.78, 5) is 14.0. The normalized spacial score (nSPS) is 10.9. The fourth-order valence-electron chi connectivity index (χ4n) is 6.13. The number of pyridine rings is 3. The van der Waals surface area contributed by atoms with E-state index in [9.17, 15) is 8.78 Å². The third kappa shape index (κ3) is 9.77. The molecule has 0 fully saturated rings. The van der Waals surface area contributed by atoms with Crippen LogP contribution in [0, 0.1) is 36.8 Å². The number of aromatic nitrogens is 3. The van der Waals surface area contributed by atoms with Crippen molar-refractivity contribution in [1.29, 1.82) is 0 Å². The molecule has 3 nitrogen and oxygen atoms in total. The minimum atomic E-state index is -0.307. The Bertz CT molecular complexity index is 1920. The van der Waals surface area contributed by atoms with E-state index in [0.29, 0.717) is 0 Å². The monoisotopic (exact) mass is 771 g/mol. The largest absolute Gasteiger partial charge is 3.00 e. The van der Waals surface area contributed by atoms with Gasteiger partial charge >= 0.3 is 19.5 Å². The van der Waals surface area contributed by atoms with Gasteiger partial charge < -0.3 is 15.0 Å². The van der Waals surface area contributed by atoms with E-state index in [0.717, 1.165) is 83.4 Å². The molecule has 0 aliphatic carbocycles. The number of hydrogen-bond donors (Lipinski definition) is 0. The smallest absolute Gasteiger partial charge is 0.304 e. The van der Waals surface area contributed by atoms with Gasteiger partial charge in [0.05, 0.1) is 0 Å². The molecule has 6 heteroatoms. The van der Waals surface area contributed by atoms with Crippen LogP contribution in [0.15, 0.2) is 128 Å². The van der Waals surface area contributed by atoms with E-state index in [4.69, 9.17) is 4.98 Å². The molecule has 0 saturated heterocycles. The maximum atomic E-state index is 13.4. The van der Waals surface area contributed by atoms with Gasteiger partial charge in [-0.3, -0.25) is 8.78 Å². The van der Waals surface area contributed by atoms with E-state index in [1.54, 1.807) is 12.1 Å². The molecule has 0 aliphatic rings. The second-order valence-electron chi connectivity index (χ2n) is 12.9. The van der Waals surface area contributed by atoms with Gasteiger partial charge in [0.2, 0.25) is 0 Å². The zero-order valence-corrected chi connectivity index (χ0v) is 30.4. The summed E-state index contributed by atoms with van der Waals surface area (Å²) in [6.07, 6.45) is 11.1. The first-order chi connectivity index (χ1) is 24.9. The maximum Gasteiger partial charge on any atom is 3.00 e. The number of benzene rings is 4. The minimum Gasteiger partial charge on any atom is -0.304 e. The van der Waals surface area contributed by atoms with Crippen molar-refractivity contribution in [3.63, 3.8) is 0 Å². The molecule has 0 bridgehead atoms. The maximum absolute atomic E-state index is 13.4. The van der Waals surface area contributed by atoms with Crippen molar-refractivity contribution in [1.82, 2.24) is 15.0 Å². The Kier molecular flexibility index (Phi) is 12.2. The van der Waals surface area contributed by atoms with Crippen LogP contribution in [-0.4, -0.2) is 15.0 Å². The molecule has 0 N–H and O–H groups in total. The van der Waals surface area contributed by atoms with Gasteiger partial charge in [-0.1, -0.05) is 61.5 Å². The van der Waals surface area contributed by atoms with Gasteiger partial charge in [0.15, 0.2) is 0 Å². The molecular formula is C46H36F2N3Rh. The molecule has 0 saturated carbocycles. The summed E-state index contributed by atoms with van der Waals surface area (Å²) >= 11 is 0. The second-order valence-corrected chi connectivity index (χ2v) is 12.9. The van der Waals surface area contributed by atoms with Gasteiger partial charge in [0, 0.05) is 30.2 Å². The number of rotatable bonds is 12. The fourth-order valence-corrected chi connectivity index (χ4v) is 6.13. The summed E-state index contributed by atoms with van der Waals surface area (Å²) in [5, 5.41) is 0. The minimum absolute atomic E-state index is 0. The Morgan fingerprint density at radius 3 is 1.06 bits per heavy atom. The first kappa shape index (κ1) is 36.6. The Balaban J connectivity index is 0.00000464. The third-order valence-corrected chi connectivity index (χ3v) is 9.04. The molecule has 3 aromatic heterocycles. The Labute approximate surface area is 317 Å². The van der Waals surface area contributed by atoms with Crippen LogP contribution in [0.1, 0.15) is 38.9 Å². The SMILES string of the molecule is Cc1c[c-]c(-c2ccc(CCc3cc(CCc4ccc(-c5[c-]cc(F)cc5)nc4)cc(CCc4ccc(-c5[c-]cc(F)cc5)nc4)c3)cn2)cc1.[Rh+3]. The molecule has 7 rings (SSSR count). The van der Waals surface area contributed by atoms with Crippen molar-refractivity contribution in [3.05, 3.63) is 197 Å². The van der Waals surface area contributed by atoms with E-state index in [1.807, 2.05) is 36.8 Å². The summed E-state index contributed by atoms with van der Waals surface area (Å²) in [7, 11) is 0. The standard InChI is InChI=1S/C46H36F2N3.Rh/c1-32-2-13-39(14-3-32)44-23-10-33(29-49-44)4-7-36-26-37(8-5-34-11-24-45(50-30-34)40-15-19-42(47)20-16-40)28-38(27-36)9-6-35-12-25-46(51-31-35)41-17-21-43(48)22-18-41;/h2-3,10-13,15,17,19-31H,4-9H2,1H3;/q-3;+3. The second kappa shape index (κ2) is 17.4. The Morgan fingerprint density at radius 2 is 0.769 bits per heavy atom. The van der Waals surface area contributed by atoms with Gasteiger partial charge in [0.25, 0.3) is 0 Å². The van der Waals surface area contributed by atoms with Crippen molar-refractivity contribution in [3.8, 4) is 33.8 Å². The third-order valence-electron chi connectivity index (χ3n) is 9.04. The molecular weight excluding hydrogens is 735 g/mol. The van der Waals surface area contributed by atoms with Crippen molar-refractivity contribution in [2.75, 3.05) is 0 Å². The van der Waals surface area contributed by atoms with Crippen molar-refractivity contribution < 1.29 is 28.3 Å². The van der Waals surface area contributed by atoms with E-state index in [2.05, 4.69) is 89.7 Å². The van der Waals surface area contributed by atoms with Crippen LogP contribution in [0.25, 0.3) is 33.8 Å². The molecule has 4 aromatic carbocycles. The van der Waals surface area contributed by atoms with Crippen LogP contribution in [0.5, 0.6) is 0 Å². The summed E-state index contributed by atoms with van der Waals surface area (Å²) in [5.41, 5.74) is 13.6. The van der Waals surface area contributed by atoms with E-state index >= 15 is 0 Å². The van der Waals surface area contributed by atoms with Gasteiger partial charge in [0.1, 0.15) is 0 Å². The molecule has 52 heavy (non-hydrogen) atoms. The van der Waals surface area contributed by atoms with Crippen molar-refractivity contribution >= 4 is 0 Å². The number of nitrogens with zero attached hydrogens (tertiary/aromatic N) is 3. The van der Waals surface area contributed by atoms with E-state index in [1.165, 1.54) is 52.1 Å². The van der Waals surface area contributed by atoms with Crippen LogP contribution in [0.3, 0.4) is 0 Å². The molecule has 0 spiro atoms. The van der Waals surface area contributed by atoms with Crippen LogP contribution in [-0.2, 0) is 58.0 Å². The summed E-state index contributed by atoms with van der Waals surface area (Å²) in [6, 6.07) is 43.7. The van der Waals surface area contributed by atoms with Gasteiger partial charge in [-0.15, -0.1) is 95.1 Å². The average molecular weight is 772 g/mol. The van der Waals surface area contributed by atoms with Crippen molar-refractivity contribution in [2.24, 2.45) is 0 Å². The predicted octanol–water partition coefficient (Wildman–Crippen LogP) is 10.2. The van der Waals surface area contributed by atoms with Gasteiger partial charge in [-0.25, -0.2) is 0 Å². The number of halogens is 2. The molecule has 0 aliphatic heterocycles. The number of hydrogen-bond acceptors (Lipinski definition) is 3. The van der Waals surface area contributed by atoms with E-state index < -0.39 is 0 Å². The average Bonchev–Trinajstić information content (AvgIpc) is 3.17. The molecule has 0 radical (unpaired) electrons. The molecule has 0 amide bonds. The number of aryl methyl sites for hydroxylation is 7. The molecule has 258 valence electrons. The zero-order valence-electron chi connectivity index (χ0n) is 28.8. The molecule has 0 unspecified atom stereocenters. The Hall–Kier alpha value is -5.19. The summed E-state index contributed by atoms with van der Waals surface area (Å²) in [5.74, 6) is -0.614. The quantitative estimate of drug-likeness (QED) is 0.0918. The van der Waals surface area contributed by atoms with E-state index in [-0.39, 0.29) is 31.1 Å². The van der Waals surface area contributed by atoms with Crippen molar-refractivity contribution in [2.45, 2.75) is 45.4 Å². The summed E-state index contributed by atoms with van der Waals surface area (Å²) < 4.78 is 26.7. The summed E-state index contributed by atoms with van der Waals surface area (Å²) in [6.45, 7) is 2.06. The zero-order chi connectivity index (χ0) is 35.0. The molecule has 0 atom stereocenters. The Morgan fingerprint density at radius 1 is 0.423 bits per heavy atom. The van der Waals surface area contributed by atoms with Gasteiger partial charge in [-0.2, -0.15) is 0 Å². The molecule has 3 heterocycles. The topological polar surface area (TPSA) is 38.7 Å². The van der Waals surface area contributed by atoms with Crippen LogP contribution in [0.4, 0.5) is 8.78 Å². The first-order valence-electron chi connectivity index (χ1n) is 17.2. The predicted molar refractivity (Wildman–Crippen MR) is 199 cm³/mol. The first-order valence-corrected chi connectivity index (χ1v) is 17.2. The fraction of sp³-hybridized carbons (Fsp3) is 0.152. The van der Waals surface area contributed by atoms with Crippen LogP contribution < -0.4 is 0 Å². The van der Waals surface area contributed by atoms with Crippen LogP contribution in [0.2, 0.25) is 0 Å². The molecule has 7 aromatic rings. The van der Waals surface area contributed by atoms with Crippen LogP contribution >= 0.6 is 0 Å².